The highest BCUT2D eigenvalue weighted by Gasteiger charge is 2.32. The van der Waals surface area contributed by atoms with Crippen LogP contribution in [0.25, 0.3) is 11.4 Å². The molecule has 1 aliphatic rings. The van der Waals surface area contributed by atoms with Gasteiger partial charge < -0.3 is 24.0 Å². The van der Waals surface area contributed by atoms with Gasteiger partial charge >= 0.3 is 0 Å². The summed E-state index contributed by atoms with van der Waals surface area (Å²) < 4.78 is 13.0. The number of imidazole rings is 1. The van der Waals surface area contributed by atoms with Gasteiger partial charge in [-0.25, -0.2) is 4.98 Å². The first-order valence-corrected chi connectivity index (χ1v) is 10.0. The summed E-state index contributed by atoms with van der Waals surface area (Å²) in [6.07, 6.45) is 7.25. The lowest BCUT2D eigenvalue weighted by Gasteiger charge is -2.23. The van der Waals surface area contributed by atoms with Gasteiger partial charge in [-0.15, -0.1) is 0 Å². The predicted molar refractivity (Wildman–Crippen MR) is 114 cm³/mol. The Balaban J connectivity index is 1.43. The number of nitrogens with zero attached hydrogens (tertiary/aromatic N) is 7. The van der Waals surface area contributed by atoms with Gasteiger partial charge in [-0.2, -0.15) is 9.97 Å². The zero-order valence-corrected chi connectivity index (χ0v) is 17.3. The first-order valence-electron chi connectivity index (χ1n) is 10.0. The molecular weight excluding hydrogens is 396 g/mol. The van der Waals surface area contributed by atoms with Crippen molar-refractivity contribution in [3.63, 3.8) is 0 Å². The monoisotopic (exact) mass is 418 g/mol. The Morgan fingerprint density at radius 3 is 2.84 bits per heavy atom. The van der Waals surface area contributed by atoms with E-state index in [2.05, 4.69) is 30.3 Å². The molecule has 0 spiro atoms. The minimum absolute atomic E-state index is 0.0141. The van der Waals surface area contributed by atoms with Crippen molar-refractivity contribution in [2.45, 2.75) is 18.9 Å². The largest absolute Gasteiger partial charge is 0.481 e. The number of pyridine rings is 1. The van der Waals surface area contributed by atoms with Crippen LogP contribution in [0.15, 0.2) is 53.6 Å². The molecule has 10 heteroatoms. The maximum atomic E-state index is 5.69. The number of anilines is 3. The van der Waals surface area contributed by atoms with E-state index < -0.39 is 0 Å². The molecule has 5 heterocycles. The summed E-state index contributed by atoms with van der Waals surface area (Å²) in [6, 6.07) is 9.39. The van der Waals surface area contributed by atoms with Crippen LogP contribution in [-0.2, 0) is 7.05 Å². The van der Waals surface area contributed by atoms with Crippen LogP contribution in [0.1, 0.15) is 24.6 Å². The number of rotatable bonds is 6. The van der Waals surface area contributed by atoms with Gasteiger partial charge in [-0.3, -0.25) is 4.98 Å². The molecule has 0 aromatic carbocycles. The molecule has 4 aromatic heterocycles. The number of nitrogens with one attached hydrogen (secondary N) is 1. The van der Waals surface area contributed by atoms with Crippen LogP contribution in [0, 0.1) is 0 Å². The van der Waals surface area contributed by atoms with Crippen molar-refractivity contribution in [3.8, 4) is 17.3 Å². The molecule has 0 saturated carbocycles. The van der Waals surface area contributed by atoms with E-state index in [-0.39, 0.29) is 6.04 Å². The third-order valence-electron chi connectivity index (χ3n) is 5.15. The average molecular weight is 418 g/mol. The summed E-state index contributed by atoms with van der Waals surface area (Å²) in [5.41, 5.74) is 1.49. The molecule has 1 aliphatic heterocycles. The smallest absolute Gasteiger partial charge is 0.231 e. The van der Waals surface area contributed by atoms with E-state index in [1.807, 2.05) is 42.1 Å². The SMILES string of the molecule is COc1cc(Nc2cn(C)cn2)nc(N2CCCC2c2cc(-c3ccccn3)no2)n1. The zero-order chi connectivity index (χ0) is 21.2. The van der Waals surface area contributed by atoms with Crippen molar-refractivity contribution in [1.82, 2.24) is 29.7 Å². The Labute approximate surface area is 178 Å². The molecule has 5 rings (SSSR count). The van der Waals surface area contributed by atoms with Crippen molar-refractivity contribution in [1.29, 1.82) is 0 Å². The van der Waals surface area contributed by atoms with E-state index in [0.29, 0.717) is 29.2 Å². The van der Waals surface area contributed by atoms with Gasteiger partial charge in [0.05, 0.1) is 25.2 Å². The van der Waals surface area contributed by atoms with Crippen LogP contribution >= 0.6 is 0 Å². The fourth-order valence-corrected chi connectivity index (χ4v) is 3.70. The lowest BCUT2D eigenvalue weighted by Crippen LogP contribution is -2.24. The standard InChI is InChI=1S/C21H22N8O2/c1-28-12-19(23-13-28)24-18-11-20(30-2)26-21(25-18)29-9-5-7-16(29)17-10-15(27-31-17)14-6-3-4-8-22-14/h3-4,6,8,10-13,16H,5,7,9H2,1-2H3,(H,24,25,26). The quantitative estimate of drug-likeness (QED) is 0.504. The Morgan fingerprint density at radius 1 is 1.13 bits per heavy atom. The highest BCUT2D eigenvalue weighted by molar-refractivity contribution is 5.56. The fraction of sp³-hybridized carbons (Fsp3) is 0.286. The molecule has 1 N–H and O–H groups in total. The van der Waals surface area contributed by atoms with Gasteiger partial charge in [0.1, 0.15) is 17.3 Å². The molecule has 31 heavy (non-hydrogen) atoms. The first kappa shape index (κ1) is 19.0. The van der Waals surface area contributed by atoms with E-state index in [9.17, 15) is 0 Å². The molecule has 1 saturated heterocycles. The van der Waals surface area contributed by atoms with Crippen molar-refractivity contribution < 1.29 is 9.26 Å². The molecule has 158 valence electrons. The Morgan fingerprint density at radius 2 is 2.06 bits per heavy atom. The highest BCUT2D eigenvalue weighted by atomic mass is 16.5. The summed E-state index contributed by atoms with van der Waals surface area (Å²) in [5, 5.41) is 7.43. The van der Waals surface area contributed by atoms with E-state index in [4.69, 9.17) is 14.2 Å². The summed E-state index contributed by atoms with van der Waals surface area (Å²) in [6.45, 7) is 0.806. The topological polar surface area (TPSA) is 107 Å². The van der Waals surface area contributed by atoms with Crippen LogP contribution in [0.2, 0.25) is 0 Å². The Kier molecular flexibility index (Phi) is 4.95. The van der Waals surface area contributed by atoms with Gasteiger partial charge in [-0.1, -0.05) is 11.2 Å². The van der Waals surface area contributed by atoms with Gasteiger partial charge in [0, 0.05) is 38.1 Å². The summed E-state index contributed by atoms with van der Waals surface area (Å²) in [5.74, 6) is 3.11. The lowest BCUT2D eigenvalue weighted by molar-refractivity contribution is 0.361. The number of hydrogen-bond acceptors (Lipinski definition) is 9. The minimum Gasteiger partial charge on any atom is -0.481 e. The molecule has 0 bridgehead atoms. The van der Waals surface area contributed by atoms with Gasteiger partial charge in [-0.05, 0) is 25.0 Å². The maximum Gasteiger partial charge on any atom is 0.231 e. The lowest BCUT2D eigenvalue weighted by atomic mass is 10.1. The van der Waals surface area contributed by atoms with Gasteiger partial charge in [0.15, 0.2) is 5.76 Å². The highest BCUT2D eigenvalue weighted by Crippen LogP contribution is 2.37. The molecule has 0 aliphatic carbocycles. The molecule has 1 unspecified atom stereocenters. The fourth-order valence-electron chi connectivity index (χ4n) is 3.70. The maximum absolute atomic E-state index is 5.69. The van der Waals surface area contributed by atoms with Crippen LogP contribution < -0.4 is 15.0 Å². The number of aromatic nitrogens is 6. The second kappa shape index (κ2) is 8.05. The van der Waals surface area contributed by atoms with E-state index in [1.54, 1.807) is 25.7 Å². The van der Waals surface area contributed by atoms with Gasteiger partial charge in [0.25, 0.3) is 0 Å². The third-order valence-corrected chi connectivity index (χ3v) is 5.15. The van der Waals surface area contributed by atoms with E-state index >= 15 is 0 Å². The van der Waals surface area contributed by atoms with Crippen LogP contribution in [-0.4, -0.2) is 43.3 Å². The molecule has 0 radical (unpaired) electrons. The zero-order valence-electron chi connectivity index (χ0n) is 17.3. The second-order valence-corrected chi connectivity index (χ2v) is 7.33. The molecule has 0 amide bonds. The van der Waals surface area contributed by atoms with E-state index in [0.717, 1.165) is 30.8 Å². The normalized spacial score (nSPS) is 15.9. The Bertz CT molecular complexity index is 1170. The number of ether oxygens (including phenoxy) is 1. The molecule has 1 fully saturated rings. The number of hydrogen-bond donors (Lipinski definition) is 1. The Hall–Kier alpha value is -3.95. The van der Waals surface area contributed by atoms with Crippen molar-refractivity contribution in [3.05, 3.63) is 54.8 Å². The van der Waals surface area contributed by atoms with Crippen LogP contribution in [0.3, 0.4) is 0 Å². The minimum atomic E-state index is -0.0141. The van der Waals surface area contributed by atoms with Crippen molar-refractivity contribution in [2.75, 3.05) is 23.9 Å². The molecular formula is C21H22N8O2. The summed E-state index contributed by atoms with van der Waals surface area (Å²) in [7, 11) is 3.50. The number of aryl methyl sites for hydroxylation is 1. The van der Waals surface area contributed by atoms with Crippen LogP contribution in [0.5, 0.6) is 5.88 Å². The average Bonchev–Trinajstić information content (AvgIpc) is 3.55. The van der Waals surface area contributed by atoms with Crippen LogP contribution in [0.4, 0.5) is 17.6 Å². The van der Waals surface area contributed by atoms with Crippen molar-refractivity contribution >= 4 is 17.6 Å². The molecule has 4 aromatic rings. The third kappa shape index (κ3) is 3.91. The number of methoxy groups -OCH3 is 1. The molecule has 1 atom stereocenters. The summed E-state index contributed by atoms with van der Waals surface area (Å²) >= 11 is 0. The first-order chi connectivity index (χ1) is 15.2. The van der Waals surface area contributed by atoms with Crippen molar-refractivity contribution in [2.24, 2.45) is 7.05 Å². The predicted octanol–water partition coefficient (Wildman–Crippen LogP) is 3.35. The molecule has 10 nitrogen and oxygen atoms in total. The second-order valence-electron chi connectivity index (χ2n) is 7.33. The van der Waals surface area contributed by atoms with Gasteiger partial charge in [0.2, 0.25) is 11.8 Å². The summed E-state index contributed by atoms with van der Waals surface area (Å²) in [4.78, 5) is 20.0. The van der Waals surface area contributed by atoms with E-state index in [1.165, 1.54) is 0 Å².